The Morgan fingerprint density at radius 1 is 1.03 bits per heavy atom. The van der Waals surface area contributed by atoms with Crippen molar-refractivity contribution in [3.8, 4) is 34.5 Å². The summed E-state index contributed by atoms with van der Waals surface area (Å²) in [5.41, 5.74) is -4.97. The number of ether oxygens (including phenoxy) is 5. The Hall–Kier alpha value is -6.65. The third-order valence-corrected chi connectivity index (χ3v) is 10.7. The molecule has 0 spiro atoms. The number of rotatable bonds is 13. The largest absolute Gasteiger partial charge is 0.508 e. The second-order valence-corrected chi connectivity index (χ2v) is 14.6. The Morgan fingerprint density at radius 3 is 2.46 bits per heavy atom. The number of amidine groups is 1. The molecule has 10 atom stereocenters. The van der Waals surface area contributed by atoms with Crippen molar-refractivity contribution in [2.45, 2.75) is 54.3 Å². The maximum absolute atomic E-state index is 12.7. The molecule has 20 heteroatoms. The van der Waals surface area contributed by atoms with E-state index >= 15 is 0 Å². The van der Waals surface area contributed by atoms with Gasteiger partial charge in [-0.1, -0.05) is 30.3 Å². The molecule has 1 aliphatic carbocycles. The number of aliphatic imine (C=N–C) groups is 3. The van der Waals surface area contributed by atoms with Crippen LogP contribution < -0.4 is 18.9 Å². The van der Waals surface area contributed by atoms with Gasteiger partial charge in [-0.3, -0.25) is 10.4 Å². The van der Waals surface area contributed by atoms with Crippen LogP contribution in [-0.2, 0) is 9.53 Å². The van der Waals surface area contributed by atoms with Gasteiger partial charge < -0.3 is 74.7 Å². The van der Waals surface area contributed by atoms with Crippen molar-refractivity contribution >= 4 is 35.3 Å². The smallest absolute Gasteiger partial charge is 0.336 e. The highest BCUT2D eigenvalue weighted by Crippen LogP contribution is 2.53. The van der Waals surface area contributed by atoms with Gasteiger partial charge in [-0.25, -0.2) is 14.8 Å². The summed E-state index contributed by atoms with van der Waals surface area (Å²) in [6, 6.07) is 12.4. The van der Waals surface area contributed by atoms with Crippen LogP contribution in [-0.4, -0.2) is 136 Å². The van der Waals surface area contributed by atoms with Crippen LogP contribution in [0.2, 0.25) is 0 Å². The number of aliphatic hydroxyl groups excluding tert-OH is 5. The van der Waals surface area contributed by atoms with Gasteiger partial charge in [0.05, 0.1) is 30.5 Å². The van der Waals surface area contributed by atoms with E-state index in [0.29, 0.717) is 5.56 Å². The Labute approximate surface area is 344 Å². The van der Waals surface area contributed by atoms with Crippen LogP contribution in [0.5, 0.6) is 34.5 Å². The molecule has 1 fully saturated rings. The standard InChI is InChI=1S/C41H38N4O16/c42-30-9-8-23(45-30)32(49)29(16-46)57-21-6-4-18(5-7-21)26-13-25(48)31-27(58-26)14-28(34(33(31)50)60-37(53)19-2-1-3-20(47)12-19)59-39-40(55)11-10-22(24-15-43-17-44-24)41(56,38(40)54)35(61-39)36(51)52/h1-14,17,22,26,29,32,35,37-39,42,46-50,53-56H,15-16H2,(H,51,52)/t22-,26?,29+,32-,35-,37+,38+,39-,40-,41-/m1/s1. The maximum atomic E-state index is 12.7. The third-order valence-electron chi connectivity index (χ3n) is 10.7. The summed E-state index contributed by atoms with van der Waals surface area (Å²) in [6.45, 7) is -0.614. The predicted octanol–water partition coefficient (Wildman–Crippen LogP) is 0.969. The first-order chi connectivity index (χ1) is 29.1. The topological polar surface area (TPSA) is 326 Å². The van der Waals surface area contributed by atoms with E-state index in [-0.39, 0.29) is 52.2 Å². The van der Waals surface area contributed by atoms with Gasteiger partial charge in [0.25, 0.3) is 0 Å². The average molecular weight is 843 g/mol. The van der Waals surface area contributed by atoms with Crippen molar-refractivity contribution in [1.82, 2.24) is 0 Å². The molecule has 3 aromatic carbocycles. The SMILES string of the molecule is N=C1C=CC([C@@H](O)[C@H](CO)Oc2ccc(C3C=C(O)c4c(cc(O[C@@H]5O[C@H](C(=O)O)[C@]6(O)[C@@H](C7=NC=NC7)C=C[C@@]5(O)[C@@H]6O)c(O[C@H](O)c5cccc(O)c5)c4O)O3)cc2)=N1. The minimum atomic E-state index is -2.69. The molecule has 0 radical (unpaired) electrons. The van der Waals surface area contributed by atoms with Crippen LogP contribution in [0.15, 0.2) is 100.0 Å². The molecular weight excluding hydrogens is 804 g/mol. The van der Waals surface area contributed by atoms with E-state index in [1.54, 1.807) is 12.1 Å². The molecule has 1 unspecified atom stereocenters. The predicted molar refractivity (Wildman–Crippen MR) is 210 cm³/mol. The lowest BCUT2D eigenvalue weighted by Crippen LogP contribution is -2.78. The summed E-state index contributed by atoms with van der Waals surface area (Å²) >= 11 is 0. The van der Waals surface area contributed by atoms with Crippen LogP contribution in [0, 0.1) is 11.3 Å². The van der Waals surface area contributed by atoms with Gasteiger partial charge in [-0.05, 0) is 48.1 Å². The van der Waals surface area contributed by atoms with E-state index in [1.807, 2.05) is 0 Å². The number of hydrogen-bond donors (Lipinski definition) is 11. The van der Waals surface area contributed by atoms with Gasteiger partial charge in [-0.2, -0.15) is 0 Å². The van der Waals surface area contributed by atoms with Crippen LogP contribution in [0.25, 0.3) is 5.76 Å². The molecule has 3 aromatic rings. The number of nitrogens with one attached hydrogen (secondary N) is 1. The number of phenols is 2. The summed E-state index contributed by atoms with van der Waals surface area (Å²) in [4.78, 5) is 24.6. The zero-order valence-electron chi connectivity index (χ0n) is 31.5. The van der Waals surface area contributed by atoms with Gasteiger partial charge in [0, 0.05) is 17.7 Å². The first-order valence-corrected chi connectivity index (χ1v) is 18.6. The highest BCUT2D eigenvalue weighted by Gasteiger charge is 2.70. The minimum Gasteiger partial charge on any atom is -0.508 e. The number of carboxylic acids is 1. The molecule has 4 heterocycles. The Morgan fingerprint density at radius 2 is 1.80 bits per heavy atom. The highest BCUT2D eigenvalue weighted by molar-refractivity contribution is 6.15. The number of hydrogen-bond acceptors (Lipinski definition) is 18. The molecule has 2 bridgehead atoms. The van der Waals surface area contributed by atoms with E-state index in [2.05, 4.69) is 15.0 Å². The molecule has 5 aliphatic rings. The number of aliphatic hydroxyl groups is 7. The van der Waals surface area contributed by atoms with Gasteiger partial charge in [0.15, 0.2) is 29.3 Å². The van der Waals surface area contributed by atoms with Crippen LogP contribution in [0.4, 0.5) is 0 Å². The number of carbonyl (C=O) groups is 1. The molecule has 0 amide bonds. The first kappa shape index (κ1) is 41.1. The molecule has 0 saturated carbocycles. The van der Waals surface area contributed by atoms with Gasteiger partial charge >= 0.3 is 5.97 Å². The fraction of sp³-hybridized carbons (Fsp3) is 0.293. The number of nitrogens with zero attached hydrogens (tertiary/aromatic N) is 3. The molecule has 8 rings (SSSR count). The molecule has 11 N–H and O–H groups in total. The number of phenolic OH excluding ortho intramolecular Hbond substituents is 2. The summed E-state index contributed by atoms with van der Waals surface area (Å²) in [5.74, 6) is -6.04. The number of benzene rings is 3. The molecule has 4 aliphatic heterocycles. The lowest BCUT2D eigenvalue weighted by atomic mass is 9.64. The van der Waals surface area contributed by atoms with E-state index in [1.165, 1.54) is 61.0 Å². The fourth-order valence-electron chi connectivity index (χ4n) is 7.64. The molecule has 61 heavy (non-hydrogen) atoms. The van der Waals surface area contributed by atoms with Crippen LogP contribution >= 0.6 is 0 Å². The molecule has 1 saturated heterocycles. The molecule has 20 nitrogen and oxygen atoms in total. The summed E-state index contributed by atoms with van der Waals surface area (Å²) in [7, 11) is 0. The van der Waals surface area contributed by atoms with Crippen molar-refractivity contribution < 1.29 is 79.5 Å². The molecular formula is C41H38N4O16. The van der Waals surface area contributed by atoms with Gasteiger partial charge in [0.2, 0.25) is 18.3 Å². The van der Waals surface area contributed by atoms with Crippen LogP contribution in [0.3, 0.4) is 0 Å². The number of carboxylic acid groups (broad SMARTS) is 1. The maximum Gasteiger partial charge on any atom is 0.336 e. The minimum absolute atomic E-state index is 0.00458. The quantitative estimate of drug-likeness (QED) is 0.0844. The average Bonchev–Trinajstić information content (AvgIpc) is 3.93. The fourth-order valence-corrected chi connectivity index (χ4v) is 7.64. The van der Waals surface area contributed by atoms with E-state index in [4.69, 9.17) is 29.1 Å². The van der Waals surface area contributed by atoms with Crippen LogP contribution in [0.1, 0.15) is 29.1 Å². The third kappa shape index (κ3) is 7.24. The number of aliphatic carboxylic acids is 1. The summed E-state index contributed by atoms with van der Waals surface area (Å²) < 4.78 is 29.4. The zero-order chi connectivity index (χ0) is 43.4. The van der Waals surface area contributed by atoms with Crippen molar-refractivity contribution in [1.29, 1.82) is 5.41 Å². The zero-order valence-corrected chi connectivity index (χ0v) is 31.5. The molecule has 0 aromatic heterocycles. The lowest BCUT2D eigenvalue weighted by Gasteiger charge is -2.55. The summed E-state index contributed by atoms with van der Waals surface area (Å²) in [6.07, 6.45) is -4.64. The Bertz CT molecular complexity index is 2450. The molecule has 318 valence electrons. The van der Waals surface area contributed by atoms with Gasteiger partial charge in [-0.15, -0.1) is 0 Å². The van der Waals surface area contributed by atoms with E-state index in [0.717, 1.165) is 18.2 Å². The summed E-state index contributed by atoms with van der Waals surface area (Å²) in [5, 5.41) is 118. The van der Waals surface area contributed by atoms with Crippen molar-refractivity contribution in [3.05, 3.63) is 102 Å². The highest BCUT2D eigenvalue weighted by atomic mass is 16.7. The Kier molecular flexibility index (Phi) is 10.6. The number of aromatic hydroxyl groups is 2. The van der Waals surface area contributed by atoms with Crippen molar-refractivity contribution in [3.63, 3.8) is 0 Å². The van der Waals surface area contributed by atoms with Crippen molar-refractivity contribution in [2.24, 2.45) is 20.9 Å². The number of fused-ring (bicyclic) bond motifs is 3. The first-order valence-electron chi connectivity index (χ1n) is 18.6. The normalized spacial score (nSPS) is 28.8. The Balaban J connectivity index is 1.13. The van der Waals surface area contributed by atoms with Gasteiger partial charge in [0.1, 0.15) is 64.7 Å². The van der Waals surface area contributed by atoms with E-state index in [9.17, 15) is 55.9 Å². The lowest BCUT2D eigenvalue weighted by molar-refractivity contribution is -0.337. The second kappa shape index (κ2) is 15.7. The van der Waals surface area contributed by atoms with E-state index < -0.39 is 95.8 Å². The van der Waals surface area contributed by atoms with Crippen molar-refractivity contribution in [2.75, 3.05) is 13.2 Å². The second-order valence-electron chi connectivity index (χ2n) is 14.6. The monoisotopic (exact) mass is 842 g/mol.